The van der Waals surface area contributed by atoms with E-state index in [2.05, 4.69) is 6.92 Å². The molecule has 0 radical (unpaired) electrons. The number of methoxy groups -OCH3 is 2. The van der Waals surface area contributed by atoms with Gasteiger partial charge in [-0.3, -0.25) is 9.69 Å². The van der Waals surface area contributed by atoms with Crippen molar-refractivity contribution in [1.29, 1.82) is 0 Å². The quantitative estimate of drug-likeness (QED) is 0.487. The van der Waals surface area contributed by atoms with Gasteiger partial charge in [0.15, 0.2) is 0 Å². The molecular weight excluding hydrogens is 222 g/mol. The predicted molar refractivity (Wildman–Crippen MR) is 63.9 cm³/mol. The molecule has 5 heteroatoms. The van der Waals surface area contributed by atoms with Gasteiger partial charge in [-0.1, -0.05) is 13.3 Å². The van der Waals surface area contributed by atoms with Gasteiger partial charge in [-0.05, 0) is 6.42 Å². The van der Waals surface area contributed by atoms with Crippen LogP contribution in [0.4, 0.5) is 0 Å². The van der Waals surface area contributed by atoms with Crippen LogP contribution in [0.1, 0.15) is 19.8 Å². The molecule has 1 fully saturated rings. The smallest absolute Gasteiger partial charge is 0.320 e. The van der Waals surface area contributed by atoms with Crippen molar-refractivity contribution in [2.24, 2.45) is 0 Å². The lowest BCUT2D eigenvalue weighted by Gasteiger charge is -2.13. The Kier molecular flexibility index (Phi) is 6.47. The van der Waals surface area contributed by atoms with E-state index in [1.54, 1.807) is 14.2 Å². The van der Waals surface area contributed by atoms with Crippen molar-refractivity contribution in [1.82, 2.24) is 4.90 Å². The van der Waals surface area contributed by atoms with E-state index in [1.807, 2.05) is 4.90 Å². The van der Waals surface area contributed by atoms with Crippen molar-refractivity contribution in [3.63, 3.8) is 0 Å². The van der Waals surface area contributed by atoms with Gasteiger partial charge in [-0.25, -0.2) is 0 Å². The highest BCUT2D eigenvalue weighted by Crippen LogP contribution is 2.15. The van der Waals surface area contributed by atoms with E-state index in [-0.39, 0.29) is 18.2 Å². The average molecular weight is 245 g/mol. The average Bonchev–Trinajstić information content (AvgIpc) is 2.71. The Labute approximate surface area is 103 Å². The lowest BCUT2D eigenvalue weighted by molar-refractivity contribution is -0.144. The van der Waals surface area contributed by atoms with Gasteiger partial charge in [0.1, 0.15) is 0 Å². The maximum absolute atomic E-state index is 11.5. The van der Waals surface area contributed by atoms with Crippen molar-refractivity contribution >= 4 is 5.97 Å². The van der Waals surface area contributed by atoms with Crippen LogP contribution < -0.4 is 0 Å². The Morgan fingerprint density at radius 1 is 1.24 bits per heavy atom. The number of rotatable bonds is 7. The minimum Gasteiger partial charge on any atom is -0.465 e. The number of hydrogen-bond acceptors (Lipinski definition) is 5. The van der Waals surface area contributed by atoms with E-state index in [4.69, 9.17) is 14.2 Å². The number of hydrogen-bond donors (Lipinski definition) is 0. The van der Waals surface area contributed by atoms with E-state index >= 15 is 0 Å². The Hall–Kier alpha value is -0.650. The summed E-state index contributed by atoms with van der Waals surface area (Å²) in [7, 11) is 3.33. The van der Waals surface area contributed by atoms with Gasteiger partial charge in [-0.15, -0.1) is 0 Å². The van der Waals surface area contributed by atoms with E-state index < -0.39 is 0 Å². The third-order valence-electron chi connectivity index (χ3n) is 3.01. The van der Waals surface area contributed by atoms with E-state index in [0.29, 0.717) is 13.2 Å². The summed E-state index contributed by atoms with van der Waals surface area (Å²) in [4.78, 5) is 13.5. The second-order valence-electron chi connectivity index (χ2n) is 4.32. The van der Waals surface area contributed by atoms with Crippen LogP contribution in [0.2, 0.25) is 0 Å². The molecule has 1 aliphatic rings. The van der Waals surface area contributed by atoms with Gasteiger partial charge < -0.3 is 14.2 Å². The highest BCUT2D eigenvalue weighted by molar-refractivity contribution is 5.71. The Bertz CT molecular complexity index is 223. The van der Waals surface area contributed by atoms with Gasteiger partial charge in [0.05, 0.1) is 25.4 Å². The summed E-state index contributed by atoms with van der Waals surface area (Å²) in [6.07, 6.45) is 2.05. The summed E-state index contributed by atoms with van der Waals surface area (Å²) < 4.78 is 15.7. The van der Waals surface area contributed by atoms with E-state index in [9.17, 15) is 4.79 Å². The molecule has 1 rings (SSSR count). The highest BCUT2D eigenvalue weighted by atomic mass is 16.5. The fraction of sp³-hybridized carbons (Fsp3) is 0.917. The molecule has 0 saturated carbocycles. The van der Waals surface area contributed by atoms with Crippen molar-refractivity contribution in [3.8, 4) is 0 Å². The lowest BCUT2D eigenvalue weighted by atomic mass is 10.3. The molecule has 0 aromatic rings. The molecule has 0 N–H and O–H groups in total. The van der Waals surface area contributed by atoms with Crippen LogP contribution in [-0.4, -0.2) is 63.5 Å². The molecule has 1 saturated heterocycles. The summed E-state index contributed by atoms with van der Waals surface area (Å²) in [6, 6.07) is 0. The molecule has 0 aliphatic carbocycles. The molecule has 1 aliphatic heterocycles. The summed E-state index contributed by atoms with van der Waals surface area (Å²) in [5.74, 6) is -0.162. The zero-order valence-electron chi connectivity index (χ0n) is 11.0. The van der Waals surface area contributed by atoms with Crippen LogP contribution in [-0.2, 0) is 19.0 Å². The zero-order valence-corrected chi connectivity index (χ0v) is 11.0. The van der Waals surface area contributed by atoms with Gasteiger partial charge in [0.25, 0.3) is 0 Å². The maximum Gasteiger partial charge on any atom is 0.320 e. The van der Waals surface area contributed by atoms with Gasteiger partial charge in [0.2, 0.25) is 0 Å². The Balaban J connectivity index is 2.26. The van der Waals surface area contributed by atoms with Crippen LogP contribution in [0.3, 0.4) is 0 Å². The molecule has 0 amide bonds. The molecule has 1 heterocycles. The monoisotopic (exact) mass is 245 g/mol. The number of carbonyl (C=O) groups excluding carboxylic acids is 1. The van der Waals surface area contributed by atoms with Crippen LogP contribution in [0.15, 0.2) is 0 Å². The van der Waals surface area contributed by atoms with Crippen LogP contribution in [0.5, 0.6) is 0 Å². The molecule has 2 atom stereocenters. The first-order valence-corrected chi connectivity index (χ1v) is 6.14. The minimum atomic E-state index is -0.162. The molecule has 0 aromatic carbocycles. The largest absolute Gasteiger partial charge is 0.465 e. The number of unbranched alkanes of at least 4 members (excludes halogenated alkanes) is 1. The third-order valence-corrected chi connectivity index (χ3v) is 3.01. The highest BCUT2D eigenvalue weighted by Gasteiger charge is 2.33. The first-order valence-electron chi connectivity index (χ1n) is 6.14. The third kappa shape index (κ3) is 4.61. The van der Waals surface area contributed by atoms with Crippen molar-refractivity contribution in [2.45, 2.75) is 32.0 Å². The molecule has 100 valence electrons. The Morgan fingerprint density at radius 2 is 1.82 bits per heavy atom. The number of esters is 1. The van der Waals surface area contributed by atoms with Crippen molar-refractivity contribution in [2.75, 3.05) is 40.5 Å². The van der Waals surface area contributed by atoms with Crippen LogP contribution >= 0.6 is 0 Å². The van der Waals surface area contributed by atoms with Gasteiger partial charge in [0, 0.05) is 27.3 Å². The number of nitrogens with zero attached hydrogens (tertiary/aromatic N) is 1. The summed E-state index contributed by atoms with van der Waals surface area (Å²) in [5.41, 5.74) is 0. The van der Waals surface area contributed by atoms with Gasteiger partial charge in [-0.2, -0.15) is 0 Å². The molecule has 17 heavy (non-hydrogen) atoms. The van der Waals surface area contributed by atoms with Crippen LogP contribution in [0, 0.1) is 0 Å². The summed E-state index contributed by atoms with van der Waals surface area (Å²) >= 11 is 0. The first-order chi connectivity index (χ1) is 8.21. The molecule has 0 spiro atoms. The second kappa shape index (κ2) is 7.63. The lowest BCUT2D eigenvalue weighted by Crippen LogP contribution is -2.30. The maximum atomic E-state index is 11.5. The fourth-order valence-corrected chi connectivity index (χ4v) is 1.96. The van der Waals surface area contributed by atoms with E-state index in [1.165, 1.54) is 0 Å². The standard InChI is InChI=1S/C12H23NO4/c1-4-5-6-17-12(14)9-13-7-10(15-2)11(8-13)16-3/h10-11H,4-9H2,1-3H3. The fourth-order valence-electron chi connectivity index (χ4n) is 1.96. The minimum absolute atomic E-state index is 0.0449. The summed E-state index contributed by atoms with van der Waals surface area (Å²) in [5, 5.41) is 0. The van der Waals surface area contributed by atoms with Crippen molar-refractivity contribution in [3.05, 3.63) is 0 Å². The normalized spacial score (nSPS) is 25.1. The second-order valence-corrected chi connectivity index (χ2v) is 4.32. The SMILES string of the molecule is CCCCOC(=O)CN1CC(OC)C(OC)C1. The van der Waals surface area contributed by atoms with Crippen LogP contribution in [0.25, 0.3) is 0 Å². The predicted octanol–water partition coefficient (Wildman–Crippen LogP) is 0.675. The molecule has 0 bridgehead atoms. The molecular formula is C12H23NO4. The number of carbonyl (C=O) groups is 1. The van der Waals surface area contributed by atoms with Gasteiger partial charge >= 0.3 is 5.97 Å². The summed E-state index contributed by atoms with van der Waals surface area (Å²) in [6.45, 7) is 4.35. The molecule has 5 nitrogen and oxygen atoms in total. The molecule has 2 unspecified atom stereocenters. The topological polar surface area (TPSA) is 48.0 Å². The van der Waals surface area contributed by atoms with E-state index in [0.717, 1.165) is 25.9 Å². The van der Waals surface area contributed by atoms with Crippen molar-refractivity contribution < 1.29 is 19.0 Å². The first kappa shape index (κ1) is 14.4. The number of ether oxygens (including phenoxy) is 3. The Morgan fingerprint density at radius 3 is 2.29 bits per heavy atom. The number of likely N-dealkylation sites (tertiary alicyclic amines) is 1. The molecule has 0 aromatic heterocycles. The zero-order chi connectivity index (χ0) is 12.7.